The second-order valence-corrected chi connectivity index (χ2v) is 7.19. The molecule has 0 bridgehead atoms. The number of para-hydroxylation sites is 2. The fraction of sp³-hybridized carbons (Fsp3) is 0.208. The minimum atomic E-state index is -0.798. The molecule has 1 heterocycles. The Bertz CT molecular complexity index is 977. The van der Waals surface area contributed by atoms with Gasteiger partial charge in [-0.25, -0.2) is 4.79 Å². The van der Waals surface area contributed by atoms with Crippen molar-refractivity contribution in [2.45, 2.75) is 12.5 Å². The molecule has 6 heteroatoms. The van der Waals surface area contributed by atoms with Crippen molar-refractivity contribution in [1.82, 2.24) is 5.32 Å². The molecule has 30 heavy (non-hydrogen) atoms. The molecule has 3 aromatic rings. The zero-order valence-corrected chi connectivity index (χ0v) is 16.6. The van der Waals surface area contributed by atoms with Crippen molar-refractivity contribution in [1.29, 1.82) is 0 Å². The highest BCUT2D eigenvalue weighted by atomic mass is 16.5. The molecule has 0 radical (unpaired) electrons. The Balaban J connectivity index is 1.24. The van der Waals surface area contributed by atoms with Crippen molar-refractivity contribution in [3.05, 3.63) is 84.4 Å². The number of amides is 2. The lowest BCUT2D eigenvalue weighted by Crippen LogP contribution is -2.37. The summed E-state index contributed by atoms with van der Waals surface area (Å²) in [5.41, 5.74) is 4.38. The number of hydrogen-bond acceptors (Lipinski definition) is 4. The second kappa shape index (κ2) is 9.33. The molecule has 4 rings (SSSR count). The Morgan fingerprint density at radius 2 is 1.73 bits per heavy atom. The maximum atomic E-state index is 12.1. The van der Waals surface area contributed by atoms with Crippen molar-refractivity contribution in [3.63, 3.8) is 0 Å². The molecule has 0 saturated carbocycles. The van der Waals surface area contributed by atoms with E-state index in [1.807, 2.05) is 54.6 Å². The van der Waals surface area contributed by atoms with Gasteiger partial charge in [-0.1, -0.05) is 36.4 Å². The van der Waals surface area contributed by atoms with E-state index in [4.69, 9.17) is 4.74 Å². The van der Waals surface area contributed by atoms with Crippen LogP contribution >= 0.6 is 0 Å². The third-order valence-corrected chi connectivity index (χ3v) is 5.01. The van der Waals surface area contributed by atoms with Crippen LogP contribution in [0.3, 0.4) is 0 Å². The largest absolute Gasteiger partial charge is 0.491 e. The molecule has 0 saturated heterocycles. The Morgan fingerprint density at radius 3 is 2.53 bits per heavy atom. The number of benzene rings is 3. The Kier molecular flexibility index (Phi) is 6.15. The van der Waals surface area contributed by atoms with E-state index in [0.29, 0.717) is 11.4 Å². The molecule has 0 aliphatic carbocycles. The summed E-state index contributed by atoms with van der Waals surface area (Å²) in [5.74, 6) is 0.682. The molecule has 1 unspecified atom stereocenters. The third kappa shape index (κ3) is 4.90. The fourth-order valence-corrected chi connectivity index (χ4v) is 3.49. The molecular weight excluding hydrogens is 378 g/mol. The molecule has 0 aromatic heterocycles. The number of carbonyl (C=O) groups excluding carboxylic acids is 1. The zero-order valence-electron chi connectivity index (χ0n) is 16.6. The van der Waals surface area contributed by atoms with Gasteiger partial charge in [0, 0.05) is 30.2 Å². The first-order chi connectivity index (χ1) is 14.7. The summed E-state index contributed by atoms with van der Waals surface area (Å²) in [5, 5.41) is 15.4. The fourth-order valence-electron chi connectivity index (χ4n) is 3.49. The normalized spacial score (nSPS) is 13.4. The number of anilines is 3. The number of carbonyl (C=O) groups is 1. The van der Waals surface area contributed by atoms with Crippen molar-refractivity contribution >= 4 is 23.1 Å². The summed E-state index contributed by atoms with van der Waals surface area (Å²) in [6.45, 7) is 1.16. The van der Waals surface area contributed by atoms with E-state index in [2.05, 4.69) is 39.8 Å². The summed E-state index contributed by atoms with van der Waals surface area (Å²) in [6.07, 6.45) is 0.239. The number of fused-ring (bicyclic) bond motifs is 1. The van der Waals surface area contributed by atoms with Gasteiger partial charge in [0.2, 0.25) is 0 Å². The highest BCUT2D eigenvalue weighted by molar-refractivity contribution is 5.89. The topological polar surface area (TPSA) is 73.8 Å². The van der Waals surface area contributed by atoms with Crippen LogP contribution in [-0.2, 0) is 6.42 Å². The monoisotopic (exact) mass is 403 g/mol. The number of urea groups is 1. The molecule has 0 spiro atoms. The average Bonchev–Trinajstić information content (AvgIpc) is 3.22. The summed E-state index contributed by atoms with van der Waals surface area (Å²) in [6, 6.07) is 25.1. The van der Waals surface area contributed by atoms with E-state index in [9.17, 15) is 9.90 Å². The van der Waals surface area contributed by atoms with Gasteiger partial charge in [0.25, 0.3) is 0 Å². The van der Waals surface area contributed by atoms with Gasteiger partial charge in [0.15, 0.2) is 0 Å². The number of ether oxygens (including phenoxy) is 1. The lowest BCUT2D eigenvalue weighted by Gasteiger charge is -2.20. The quantitative estimate of drug-likeness (QED) is 0.559. The number of aliphatic hydroxyl groups excluding tert-OH is 1. The van der Waals surface area contributed by atoms with Gasteiger partial charge < -0.3 is 25.4 Å². The molecule has 154 valence electrons. The van der Waals surface area contributed by atoms with Crippen molar-refractivity contribution in [2.75, 3.05) is 29.9 Å². The van der Waals surface area contributed by atoms with Crippen LogP contribution in [0, 0.1) is 0 Å². The van der Waals surface area contributed by atoms with Gasteiger partial charge in [0.1, 0.15) is 18.5 Å². The first kappa shape index (κ1) is 19.8. The van der Waals surface area contributed by atoms with Crippen LogP contribution in [0.15, 0.2) is 78.9 Å². The second-order valence-electron chi connectivity index (χ2n) is 7.19. The van der Waals surface area contributed by atoms with Gasteiger partial charge >= 0.3 is 6.03 Å². The number of hydrogen-bond donors (Lipinski definition) is 3. The van der Waals surface area contributed by atoms with Crippen LogP contribution in [0.4, 0.5) is 21.9 Å². The molecule has 2 amide bonds. The number of rotatable bonds is 7. The number of aliphatic hydroxyl groups is 1. The van der Waals surface area contributed by atoms with Gasteiger partial charge in [-0.3, -0.25) is 0 Å². The predicted molar refractivity (Wildman–Crippen MR) is 119 cm³/mol. The minimum absolute atomic E-state index is 0.0985. The predicted octanol–water partition coefficient (Wildman–Crippen LogP) is 3.94. The average molecular weight is 403 g/mol. The zero-order chi connectivity index (χ0) is 20.8. The lowest BCUT2D eigenvalue weighted by molar-refractivity contribution is 0.108. The Hall–Kier alpha value is -3.51. The molecule has 0 fully saturated rings. The summed E-state index contributed by atoms with van der Waals surface area (Å²) in [7, 11) is 0. The van der Waals surface area contributed by atoms with Crippen LogP contribution in [0.1, 0.15) is 5.56 Å². The standard InChI is InChI=1S/C24H25N3O3/c28-21(17-30-22-7-2-1-3-8-22)16-25-24(29)26-19-10-12-20(13-11-19)27-15-14-18-6-4-5-9-23(18)27/h1-13,21,28H,14-17H2,(H2,25,26,29). The van der Waals surface area contributed by atoms with Crippen molar-refractivity contribution in [3.8, 4) is 5.75 Å². The number of nitrogens with one attached hydrogen (secondary N) is 2. The third-order valence-electron chi connectivity index (χ3n) is 5.01. The molecule has 1 atom stereocenters. The van der Waals surface area contributed by atoms with E-state index >= 15 is 0 Å². The van der Waals surface area contributed by atoms with Crippen molar-refractivity contribution in [2.24, 2.45) is 0 Å². The molecule has 3 aromatic carbocycles. The first-order valence-corrected chi connectivity index (χ1v) is 10.1. The van der Waals surface area contributed by atoms with E-state index in [0.717, 1.165) is 18.7 Å². The maximum absolute atomic E-state index is 12.1. The molecular formula is C24H25N3O3. The van der Waals surface area contributed by atoms with Crippen LogP contribution in [0.2, 0.25) is 0 Å². The summed E-state index contributed by atoms with van der Waals surface area (Å²) >= 11 is 0. The Labute approximate surface area is 176 Å². The number of nitrogens with zero attached hydrogens (tertiary/aromatic N) is 1. The van der Waals surface area contributed by atoms with Crippen molar-refractivity contribution < 1.29 is 14.6 Å². The molecule has 3 N–H and O–H groups in total. The van der Waals surface area contributed by atoms with Gasteiger partial charge in [-0.2, -0.15) is 0 Å². The minimum Gasteiger partial charge on any atom is -0.491 e. The van der Waals surface area contributed by atoms with Crippen LogP contribution in [0.25, 0.3) is 0 Å². The SMILES string of the molecule is O=C(NCC(O)COc1ccccc1)Nc1ccc(N2CCc3ccccc32)cc1. The Morgan fingerprint density at radius 1 is 1.00 bits per heavy atom. The summed E-state index contributed by atoms with van der Waals surface area (Å²) in [4.78, 5) is 14.4. The van der Waals surface area contributed by atoms with E-state index in [1.54, 1.807) is 0 Å². The first-order valence-electron chi connectivity index (χ1n) is 10.1. The highest BCUT2D eigenvalue weighted by Gasteiger charge is 2.19. The van der Waals surface area contributed by atoms with Crippen LogP contribution in [0.5, 0.6) is 5.75 Å². The van der Waals surface area contributed by atoms with Gasteiger partial charge in [-0.15, -0.1) is 0 Å². The molecule has 1 aliphatic heterocycles. The van der Waals surface area contributed by atoms with Gasteiger partial charge in [-0.05, 0) is 54.4 Å². The summed E-state index contributed by atoms with van der Waals surface area (Å²) < 4.78 is 5.48. The highest BCUT2D eigenvalue weighted by Crippen LogP contribution is 2.34. The maximum Gasteiger partial charge on any atom is 0.319 e. The van der Waals surface area contributed by atoms with E-state index in [1.165, 1.54) is 11.3 Å². The van der Waals surface area contributed by atoms with E-state index in [-0.39, 0.29) is 19.2 Å². The smallest absolute Gasteiger partial charge is 0.319 e. The van der Waals surface area contributed by atoms with E-state index < -0.39 is 6.10 Å². The molecule has 1 aliphatic rings. The lowest BCUT2D eigenvalue weighted by atomic mass is 10.2. The molecule has 6 nitrogen and oxygen atoms in total. The van der Waals surface area contributed by atoms with Gasteiger partial charge in [0.05, 0.1) is 0 Å². The van der Waals surface area contributed by atoms with Crippen LogP contribution in [-0.4, -0.2) is 36.9 Å². The van der Waals surface area contributed by atoms with Crippen LogP contribution < -0.4 is 20.3 Å².